The maximum Gasteiger partial charge on any atom is 0.235 e. The highest BCUT2D eigenvalue weighted by molar-refractivity contribution is 5.78. The molecule has 18 heavy (non-hydrogen) atoms. The third kappa shape index (κ3) is 4.65. The lowest BCUT2D eigenvalue weighted by Gasteiger charge is -2.15. The van der Waals surface area contributed by atoms with Crippen molar-refractivity contribution in [3.05, 3.63) is 35.4 Å². The van der Waals surface area contributed by atoms with E-state index in [1.807, 2.05) is 30.1 Å². The molecule has 0 saturated heterocycles. The van der Waals surface area contributed by atoms with Crippen LogP contribution in [0.25, 0.3) is 0 Å². The van der Waals surface area contributed by atoms with Gasteiger partial charge in [0, 0.05) is 6.54 Å². The van der Waals surface area contributed by atoms with Gasteiger partial charge in [-0.05, 0) is 24.7 Å². The van der Waals surface area contributed by atoms with Crippen molar-refractivity contribution in [2.24, 2.45) is 0 Å². The summed E-state index contributed by atoms with van der Waals surface area (Å²) in [5.74, 6) is -0.185. The van der Waals surface area contributed by atoms with Crippen LogP contribution in [0.3, 0.4) is 0 Å². The molecule has 0 aliphatic carbocycles. The lowest BCUT2D eigenvalue weighted by Crippen LogP contribution is -2.34. The highest BCUT2D eigenvalue weighted by atomic mass is 16.1. The lowest BCUT2D eigenvalue weighted by atomic mass is 10.1. The molecule has 0 fully saturated rings. The molecule has 0 spiro atoms. The molecular formula is C13H14N4O. The Hall–Kier alpha value is -2.37. The van der Waals surface area contributed by atoms with Crippen LogP contribution in [0.1, 0.15) is 11.1 Å². The summed E-state index contributed by atoms with van der Waals surface area (Å²) in [6.07, 6.45) is 0. The first-order valence-electron chi connectivity index (χ1n) is 5.47. The van der Waals surface area contributed by atoms with E-state index in [4.69, 9.17) is 10.5 Å². The number of nitrogens with zero attached hydrogens (tertiary/aromatic N) is 3. The van der Waals surface area contributed by atoms with Gasteiger partial charge in [0.25, 0.3) is 0 Å². The Labute approximate surface area is 106 Å². The molecule has 0 aliphatic rings. The quantitative estimate of drug-likeness (QED) is 0.768. The van der Waals surface area contributed by atoms with Crippen molar-refractivity contribution in [1.82, 2.24) is 10.2 Å². The van der Waals surface area contributed by atoms with Crippen molar-refractivity contribution in [1.29, 1.82) is 10.5 Å². The van der Waals surface area contributed by atoms with Gasteiger partial charge in [-0.15, -0.1) is 0 Å². The third-order valence-corrected chi connectivity index (χ3v) is 2.29. The van der Waals surface area contributed by atoms with Crippen LogP contribution in [0.5, 0.6) is 0 Å². The van der Waals surface area contributed by atoms with Crippen LogP contribution in [0.15, 0.2) is 24.3 Å². The molecule has 1 amide bonds. The SMILES string of the molecule is CN(CC(=O)NCC#N)Cc1cccc(C#N)c1. The zero-order valence-electron chi connectivity index (χ0n) is 10.2. The molecular weight excluding hydrogens is 228 g/mol. The fraction of sp³-hybridized carbons (Fsp3) is 0.308. The molecule has 0 bridgehead atoms. The average Bonchev–Trinajstić information content (AvgIpc) is 2.36. The number of carbonyl (C=O) groups excluding carboxylic acids is 1. The van der Waals surface area contributed by atoms with Gasteiger partial charge in [-0.1, -0.05) is 12.1 Å². The number of benzene rings is 1. The Morgan fingerprint density at radius 2 is 2.22 bits per heavy atom. The summed E-state index contributed by atoms with van der Waals surface area (Å²) in [5.41, 5.74) is 1.58. The van der Waals surface area contributed by atoms with Crippen LogP contribution in [0.4, 0.5) is 0 Å². The number of amides is 1. The van der Waals surface area contributed by atoms with Gasteiger partial charge in [0.15, 0.2) is 0 Å². The molecule has 0 radical (unpaired) electrons. The Kier molecular flexibility index (Phi) is 5.37. The molecule has 92 valence electrons. The van der Waals surface area contributed by atoms with Crippen molar-refractivity contribution >= 4 is 5.91 Å². The summed E-state index contributed by atoms with van der Waals surface area (Å²) in [5, 5.41) is 19.6. The molecule has 0 saturated carbocycles. The first kappa shape index (κ1) is 13.7. The van der Waals surface area contributed by atoms with Crippen LogP contribution in [-0.2, 0) is 11.3 Å². The molecule has 1 rings (SSSR count). The maximum atomic E-state index is 11.4. The first-order chi connectivity index (χ1) is 8.65. The smallest absolute Gasteiger partial charge is 0.235 e. The molecule has 1 aromatic rings. The predicted octanol–water partition coefficient (Wildman–Crippen LogP) is 0.630. The van der Waals surface area contributed by atoms with E-state index < -0.39 is 0 Å². The van der Waals surface area contributed by atoms with Gasteiger partial charge < -0.3 is 5.32 Å². The number of hydrogen-bond donors (Lipinski definition) is 1. The molecule has 1 aromatic carbocycles. The zero-order chi connectivity index (χ0) is 13.4. The van der Waals surface area contributed by atoms with Crippen molar-refractivity contribution in [2.45, 2.75) is 6.54 Å². The zero-order valence-corrected chi connectivity index (χ0v) is 10.2. The van der Waals surface area contributed by atoms with Gasteiger partial charge in [-0.3, -0.25) is 9.69 Å². The molecule has 0 aliphatic heterocycles. The number of rotatable bonds is 5. The van der Waals surface area contributed by atoms with Gasteiger partial charge in [-0.25, -0.2) is 0 Å². The second-order valence-corrected chi connectivity index (χ2v) is 3.92. The molecule has 0 atom stereocenters. The van der Waals surface area contributed by atoms with Gasteiger partial charge >= 0.3 is 0 Å². The maximum absolute atomic E-state index is 11.4. The number of nitriles is 2. The minimum atomic E-state index is -0.185. The highest BCUT2D eigenvalue weighted by Crippen LogP contribution is 2.06. The van der Waals surface area contributed by atoms with Crippen molar-refractivity contribution < 1.29 is 4.79 Å². The molecule has 0 aromatic heterocycles. The predicted molar refractivity (Wildman–Crippen MR) is 66.1 cm³/mol. The van der Waals surface area contributed by atoms with Crippen LogP contribution >= 0.6 is 0 Å². The topological polar surface area (TPSA) is 79.9 Å². The summed E-state index contributed by atoms with van der Waals surface area (Å²) in [7, 11) is 1.81. The van der Waals surface area contributed by atoms with E-state index in [1.165, 1.54) is 0 Å². The fourth-order valence-electron chi connectivity index (χ4n) is 1.55. The second kappa shape index (κ2) is 7.05. The minimum absolute atomic E-state index is 0.0244. The molecule has 0 heterocycles. The monoisotopic (exact) mass is 242 g/mol. The summed E-state index contributed by atoms with van der Waals surface area (Å²) in [6.45, 7) is 0.824. The number of likely N-dealkylation sites (N-methyl/N-ethyl adjacent to an activating group) is 1. The third-order valence-electron chi connectivity index (χ3n) is 2.29. The van der Waals surface area contributed by atoms with E-state index >= 15 is 0 Å². The van der Waals surface area contributed by atoms with E-state index in [0.717, 1.165) is 5.56 Å². The number of carbonyl (C=O) groups is 1. The summed E-state index contributed by atoms with van der Waals surface area (Å²) in [6, 6.07) is 11.2. The van der Waals surface area contributed by atoms with Gasteiger partial charge in [0.05, 0.1) is 24.2 Å². The highest BCUT2D eigenvalue weighted by Gasteiger charge is 2.06. The van der Waals surface area contributed by atoms with E-state index in [-0.39, 0.29) is 19.0 Å². The van der Waals surface area contributed by atoms with Crippen molar-refractivity contribution in [3.63, 3.8) is 0 Å². The van der Waals surface area contributed by atoms with Crippen LogP contribution in [0.2, 0.25) is 0 Å². The Bertz CT molecular complexity index is 498. The summed E-state index contributed by atoms with van der Waals surface area (Å²) < 4.78 is 0. The van der Waals surface area contributed by atoms with Crippen LogP contribution < -0.4 is 5.32 Å². The van der Waals surface area contributed by atoms with Gasteiger partial charge in [0.2, 0.25) is 5.91 Å². The van der Waals surface area contributed by atoms with E-state index in [0.29, 0.717) is 12.1 Å². The molecule has 0 unspecified atom stereocenters. The van der Waals surface area contributed by atoms with Crippen LogP contribution in [0, 0.1) is 22.7 Å². The van der Waals surface area contributed by atoms with E-state index in [2.05, 4.69) is 11.4 Å². The fourth-order valence-corrected chi connectivity index (χ4v) is 1.55. The largest absolute Gasteiger partial charge is 0.342 e. The van der Waals surface area contributed by atoms with Gasteiger partial charge in [0.1, 0.15) is 6.54 Å². The van der Waals surface area contributed by atoms with Crippen molar-refractivity contribution in [3.8, 4) is 12.1 Å². The number of hydrogen-bond acceptors (Lipinski definition) is 4. The van der Waals surface area contributed by atoms with Gasteiger partial charge in [-0.2, -0.15) is 10.5 Å². The standard InChI is InChI=1S/C13H14N4O/c1-17(10-13(18)16-6-5-14)9-12-4-2-3-11(7-12)8-15/h2-4,7H,6,9-10H2,1H3,(H,16,18). The second-order valence-electron chi connectivity index (χ2n) is 3.92. The summed E-state index contributed by atoms with van der Waals surface area (Å²) in [4.78, 5) is 13.2. The van der Waals surface area contributed by atoms with Crippen molar-refractivity contribution in [2.75, 3.05) is 20.1 Å². The molecule has 1 N–H and O–H groups in total. The number of nitrogens with one attached hydrogen (secondary N) is 1. The average molecular weight is 242 g/mol. The Balaban J connectivity index is 2.49. The normalized spacial score (nSPS) is 9.56. The Morgan fingerprint density at radius 1 is 1.44 bits per heavy atom. The molecule has 5 nitrogen and oxygen atoms in total. The molecule has 5 heteroatoms. The van der Waals surface area contributed by atoms with E-state index in [9.17, 15) is 4.79 Å². The van der Waals surface area contributed by atoms with E-state index in [1.54, 1.807) is 12.1 Å². The lowest BCUT2D eigenvalue weighted by molar-refractivity contribution is -0.121. The summed E-state index contributed by atoms with van der Waals surface area (Å²) >= 11 is 0. The Morgan fingerprint density at radius 3 is 2.89 bits per heavy atom. The first-order valence-corrected chi connectivity index (χ1v) is 5.47. The minimum Gasteiger partial charge on any atom is -0.342 e. The van der Waals surface area contributed by atoms with Crippen LogP contribution in [-0.4, -0.2) is 30.9 Å².